The first kappa shape index (κ1) is 23.3. The lowest BCUT2D eigenvalue weighted by Crippen LogP contribution is -2.61. The Bertz CT molecular complexity index is 444. The second kappa shape index (κ2) is 9.46. The largest absolute Gasteiger partial charge is 0.462 e. The third kappa shape index (κ3) is 5.63. The van der Waals surface area contributed by atoms with Crippen molar-refractivity contribution in [2.75, 3.05) is 34.5 Å². The van der Waals surface area contributed by atoms with E-state index in [1.165, 1.54) is 0 Å². The summed E-state index contributed by atoms with van der Waals surface area (Å²) in [4.78, 5) is 12.1. The highest BCUT2D eigenvalue weighted by Crippen LogP contribution is 2.40. The van der Waals surface area contributed by atoms with Gasteiger partial charge in [-0.3, -0.25) is 4.79 Å². The summed E-state index contributed by atoms with van der Waals surface area (Å²) >= 11 is 0. The van der Waals surface area contributed by atoms with Gasteiger partial charge in [0.1, 0.15) is 18.8 Å². The molecule has 5 atom stereocenters. The summed E-state index contributed by atoms with van der Waals surface area (Å²) in [7, 11) is 4.82. The third-order valence-corrected chi connectivity index (χ3v) is 5.00. The lowest BCUT2D eigenvalue weighted by molar-refractivity contribution is -0.252. The maximum atomic E-state index is 12.1. The molecule has 1 fully saturated rings. The van der Waals surface area contributed by atoms with Crippen LogP contribution in [0.2, 0.25) is 0 Å². The lowest BCUT2D eigenvalue weighted by atomic mass is 9.73. The molecule has 0 saturated carbocycles. The van der Waals surface area contributed by atoms with Crippen LogP contribution in [0.3, 0.4) is 0 Å². The van der Waals surface area contributed by atoms with E-state index in [2.05, 4.69) is 0 Å². The summed E-state index contributed by atoms with van der Waals surface area (Å²) in [5.74, 6) is -0.335. The molecule has 1 heterocycles. The molecule has 7 nitrogen and oxygen atoms in total. The summed E-state index contributed by atoms with van der Waals surface area (Å²) in [6.45, 7) is 9.75. The van der Waals surface area contributed by atoms with Gasteiger partial charge in [0.05, 0.1) is 30.3 Å². The molecule has 1 aliphatic rings. The van der Waals surface area contributed by atoms with Crippen molar-refractivity contribution in [3.05, 3.63) is 0 Å². The Balaban J connectivity index is 2.91. The zero-order valence-corrected chi connectivity index (χ0v) is 17.4. The number of aliphatic hydroxyl groups is 1. The van der Waals surface area contributed by atoms with E-state index in [4.69, 9.17) is 23.7 Å². The second-order valence-corrected chi connectivity index (χ2v) is 8.53. The van der Waals surface area contributed by atoms with Crippen molar-refractivity contribution in [3.63, 3.8) is 0 Å². The van der Waals surface area contributed by atoms with E-state index in [0.717, 1.165) is 0 Å². The van der Waals surface area contributed by atoms with Gasteiger partial charge in [0.2, 0.25) is 0 Å². The van der Waals surface area contributed by atoms with E-state index in [1.807, 2.05) is 13.8 Å². The number of carbonyl (C=O) groups excluding carboxylic acids is 1. The second-order valence-electron chi connectivity index (χ2n) is 8.53. The topological polar surface area (TPSA) is 83.5 Å². The lowest BCUT2D eigenvalue weighted by Gasteiger charge is -2.50. The highest BCUT2D eigenvalue weighted by atomic mass is 16.6. The van der Waals surface area contributed by atoms with Crippen molar-refractivity contribution in [3.8, 4) is 0 Å². The first-order chi connectivity index (χ1) is 12.0. The number of aliphatic hydroxyl groups excluding tert-OH is 1. The monoisotopic (exact) mass is 376 g/mol. The Morgan fingerprint density at radius 2 is 1.85 bits per heavy atom. The Morgan fingerprint density at radius 3 is 2.31 bits per heavy atom. The minimum Gasteiger partial charge on any atom is -0.462 e. The summed E-state index contributed by atoms with van der Waals surface area (Å²) in [6, 6.07) is 0. The number of hydrogen-bond donors (Lipinski definition) is 1. The zero-order chi connectivity index (χ0) is 20.1. The molecule has 0 radical (unpaired) electrons. The van der Waals surface area contributed by atoms with E-state index >= 15 is 0 Å². The van der Waals surface area contributed by atoms with Gasteiger partial charge < -0.3 is 28.8 Å². The minimum atomic E-state index is -0.901. The van der Waals surface area contributed by atoms with Gasteiger partial charge in [0.15, 0.2) is 0 Å². The first-order valence-corrected chi connectivity index (χ1v) is 9.04. The summed E-state index contributed by atoms with van der Waals surface area (Å²) < 4.78 is 27.8. The average Bonchev–Trinajstić information content (AvgIpc) is 2.54. The summed E-state index contributed by atoms with van der Waals surface area (Å²) in [5, 5.41) is 10.7. The predicted octanol–water partition coefficient (Wildman–Crippen LogP) is 1.80. The van der Waals surface area contributed by atoms with Gasteiger partial charge in [0, 0.05) is 33.2 Å². The normalized spacial score (nSPS) is 30.0. The van der Waals surface area contributed by atoms with Crippen LogP contribution in [0, 0.1) is 10.8 Å². The smallest absolute Gasteiger partial charge is 0.311 e. The van der Waals surface area contributed by atoms with E-state index in [-0.39, 0.29) is 24.8 Å². The van der Waals surface area contributed by atoms with Crippen LogP contribution in [0.5, 0.6) is 0 Å². The fourth-order valence-electron chi connectivity index (χ4n) is 3.26. The van der Waals surface area contributed by atoms with Crippen molar-refractivity contribution in [1.29, 1.82) is 0 Å². The van der Waals surface area contributed by atoms with Crippen LogP contribution in [-0.4, -0.2) is 76.1 Å². The fraction of sp³-hybridized carbons (Fsp3) is 0.947. The van der Waals surface area contributed by atoms with Crippen LogP contribution in [0.4, 0.5) is 0 Å². The molecule has 1 aliphatic heterocycles. The molecule has 0 unspecified atom stereocenters. The van der Waals surface area contributed by atoms with Crippen molar-refractivity contribution in [2.24, 2.45) is 10.8 Å². The number of rotatable bonds is 8. The molecule has 0 aromatic heterocycles. The number of ether oxygens (including phenoxy) is 5. The Kier molecular flexibility index (Phi) is 8.48. The molecule has 0 aromatic carbocycles. The molecule has 0 spiro atoms. The van der Waals surface area contributed by atoms with E-state index in [1.54, 1.807) is 42.1 Å². The summed E-state index contributed by atoms with van der Waals surface area (Å²) in [5.41, 5.74) is -1.07. The highest BCUT2D eigenvalue weighted by molar-refractivity contribution is 5.75. The molecule has 0 amide bonds. The maximum absolute atomic E-state index is 12.1. The molecule has 7 heteroatoms. The predicted molar refractivity (Wildman–Crippen MR) is 96.9 cm³/mol. The van der Waals surface area contributed by atoms with Crippen molar-refractivity contribution >= 4 is 5.97 Å². The SMILES string of the molecule is COC[C@H](C[C@H]1O[C@H](COC(=O)C(C)(C)C)[C@H](O)[C@@H](OC)C1(C)C)OC. The van der Waals surface area contributed by atoms with E-state index in [9.17, 15) is 9.90 Å². The van der Waals surface area contributed by atoms with Crippen LogP contribution >= 0.6 is 0 Å². The van der Waals surface area contributed by atoms with Crippen molar-refractivity contribution < 1.29 is 33.6 Å². The van der Waals surface area contributed by atoms with Gasteiger partial charge >= 0.3 is 5.97 Å². The molecule has 26 heavy (non-hydrogen) atoms. The number of methoxy groups -OCH3 is 3. The molecule has 1 saturated heterocycles. The van der Waals surface area contributed by atoms with Gasteiger partial charge in [0.25, 0.3) is 0 Å². The average molecular weight is 376 g/mol. The van der Waals surface area contributed by atoms with Crippen LogP contribution in [-0.2, 0) is 28.5 Å². The van der Waals surface area contributed by atoms with E-state index in [0.29, 0.717) is 13.0 Å². The molecule has 0 aliphatic carbocycles. The zero-order valence-electron chi connectivity index (χ0n) is 17.4. The van der Waals surface area contributed by atoms with Crippen LogP contribution in [0.1, 0.15) is 41.0 Å². The van der Waals surface area contributed by atoms with Gasteiger partial charge in [-0.25, -0.2) is 0 Å². The third-order valence-electron chi connectivity index (χ3n) is 5.00. The molecular weight excluding hydrogens is 340 g/mol. The molecular formula is C19H36O7. The van der Waals surface area contributed by atoms with Crippen LogP contribution in [0.25, 0.3) is 0 Å². The van der Waals surface area contributed by atoms with Gasteiger partial charge in [-0.1, -0.05) is 13.8 Å². The Morgan fingerprint density at radius 1 is 1.23 bits per heavy atom. The van der Waals surface area contributed by atoms with Gasteiger partial charge in [-0.2, -0.15) is 0 Å². The molecule has 154 valence electrons. The molecule has 0 aromatic rings. The standard InChI is InChI=1S/C19H36O7/c1-18(2,3)17(21)25-11-13-15(20)16(24-8)19(4,5)14(26-13)9-12(23-7)10-22-6/h12-16,20H,9-11H2,1-8H3/t12-,13+,14+,15-,16+/m0/s1. The Labute approximate surface area is 157 Å². The first-order valence-electron chi connectivity index (χ1n) is 9.04. The highest BCUT2D eigenvalue weighted by Gasteiger charge is 2.51. The van der Waals surface area contributed by atoms with Crippen LogP contribution < -0.4 is 0 Å². The fourth-order valence-corrected chi connectivity index (χ4v) is 3.26. The van der Waals surface area contributed by atoms with Gasteiger partial charge in [-0.15, -0.1) is 0 Å². The number of hydrogen-bond acceptors (Lipinski definition) is 7. The number of carbonyl (C=O) groups is 1. The molecule has 1 rings (SSSR count). The Hall–Kier alpha value is -0.730. The van der Waals surface area contributed by atoms with E-state index < -0.39 is 29.1 Å². The minimum absolute atomic E-state index is 0.0222. The van der Waals surface area contributed by atoms with Crippen LogP contribution in [0.15, 0.2) is 0 Å². The quantitative estimate of drug-likeness (QED) is 0.647. The molecule has 1 N–H and O–H groups in total. The number of esters is 1. The molecule has 0 bridgehead atoms. The van der Waals surface area contributed by atoms with Gasteiger partial charge in [-0.05, 0) is 20.8 Å². The summed E-state index contributed by atoms with van der Waals surface area (Å²) in [6.07, 6.45) is -1.84. The van der Waals surface area contributed by atoms with Crippen molar-refractivity contribution in [1.82, 2.24) is 0 Å². The maximum Gasteiger partial charge on any atom is 0.311 e. The van der Waals surface area contributed by atoms with Crippen molar-refractivity contribution in [2.45, 2.75) is 71.6 Å².